The molecule has 2 atom stereocenters. The number of aliphatic hydroxyl groups excluding tert-OH is 1. The molecule has 2 unspecified atom stereocenters. The van der Waals surface area contributed by atoms with Gasteiger partial charge in [-0.25, -0.2) is 0 Å². The Bertz CT molecular complexity index is 706. The van der Waals surface area contributed by atoms with Crippen LogP contribution in [0.2, 0.25) is 0 Å². The summed E-state index contributed by atoms with van der Waals surface area (Å²) in [5.74, 6) is 0.233. The van der Waals surface area contributed by atoms with Crippen molar-refractivity contribution in [1.29, 1.82) is 0 Å². The number of hydrogen-bond acceptors (Lipinski definition) is 4. The summed E-state index contributed by atoms with van der Waals surface area (Å²) in [4.78, 5) is 15.4. The van der Waals surface area contributed by atoms with E-state index in [9.17, 15) is 9.90 Å². The smallest absolute Gasteiger partial charge is 0.266 e. The van der Waals surface area contributed by atoms with E-state index in [1.54, 1.807) is 18.2 Å². The van der Waals surface area contributed by atoms with Gasteiger partial charge >= 0.3 is 0 Å². The molecule has 1 aliphatic carbocycles. The lowest BCUT2D eigenvalue weighted by atomic mass is 9.87. The minimum atomic E-state index is -0.221. The van der Waals surface area contributed by atoms with Crippen LogP contribution < -0.4 is 5.32 Å². The van der Waals surface area contributed by atoms with Crippen molar-refractivity contribution in [2.45, 2.75) is 31.8 Å². The van der Waals surface area contributed by atoms with Crippen molar-refractivity contribution in [3.8, 4) is 0 Å². The zero-order chi connectivity index (χ0) is 14.8. The predicted molar refractivity (Wildman–Crippen MR) is 81.7 cm³/mol. The van der Waals surface area contributed by atoms with Gasteiger partial charge in [0.25, 0.3) is 10.7 Å². The summed E-state index contributed by atoms with van der Waals surface area (Å²) in [6, 6.07) is 5.22. The van der Waals surface area contributed by atoms with Crippen LogP contribution in [0.5, 0.6) is 0 Å². The number of oxazole rings is 1. The number of aliphatic hydroxyl groups is 1. The Hall–Kier alpha value is -1.66. The second kappa shape index (κ2) is 5.99. The number of aromatic amines is 1. The average molecular weight is 306 g/mol. The third-order valence-corrected chi connectivity index (χ3v) is 4.18. The molecule has 3 N–H and O–H groups in total. The molecule has 0 aliphatic heterocycles. The molecule has 1 aromatic heterocycles. The molecule has 6 heteroatoms. The molecule has 2 aromatic rings. The number of H-pyrrole nitrogens is 1. The molecule has 1 fully saturated rings. The predicted octanol–water partition coefficient (Wildman–Crippen LogP) is 2.77. The summed E-state index contributed by atoms with van der Waals surface area (Å²) < 4.78 is 5.31. The van der Waals surface area contributed by atoms with Crippen LogP contribution in [0.15, 0.2) is 22.6 Å². The van der Waals surface area contributed by atoms with Crippen LogP contribution in [0, 0.1) is 10.8 Å². The van der Waals surface area contributed by atoms with Gasteiger partial charge in [-0.2, -0.15) is 0 Å². The monoisotopic (exact) mass is 306 g/mol. The molecule has 5 nitrogen and oxygen atoms in total. The van der Waals surface area contributed by atoms with Crippen molar-refractivity contribution in [2.24, 2.45) is 5.92 Å². The SMILES string of the molecule is O=C(NCC1CCCC(O)C1)c1ccc2[nH]c(=S)oc2c1. The lowest BCUT2D eigenvalue weighted by Gasteiger charge is -2.25. The lowest BCUT2D eigenvalue weighted by Crippen LogP contribution is -2.32. The zero-order valence-corrected chi connectivity index (χ0v) is 12.4. The minimum absolute atomic E-state index is 0.126. The number of nitrogens with one attached hydrogen (secondary N) is 2. The van der Waals surface area contributed by atoms with E-state index in [4.69, 9.17) is 16.6 Å². The summed E-state index contributed by atoms with van der Waals surface area (Å²) in [5, 5.41) is 12.6. The van der Waals surface area contributed by atoms with E-state index in [1.807, 2.05) is 0 Å². The highest BCUT2D eigenvalue weighted by Gasteiger charge is 2.20. The van der Waals surface area contributed by atoms with Gasteiger partial charge in [-0.15, -0.1) is 0 Å². The van der Waals surface area contributed by atoms with E-state index >= 15 is 0 Å². The molecule has 21 heavy (non-hydrogen) atoms. The minimum Gasteiger partial charge on any atom is -0.429 e. The molecule has 1 amide bonds. The summed E-state index contributed by atoms with van der Waals surface area (Å²) in [6.45, 7) is 0.602. The maximum Gasteiger partial charge on any atom is 0.266 e. The third-order valence-electron chi connectivity index (χ3n) is 3.99. The fourth-order valence-electron chi connectivity index (χ4n) is 2.87. The lowest BCUT2D eigenvalue weighted by molar-refractivity contribution is 0.0874. The van der Waals surface area contributed by atoms with Gasteiger partial charge in [0.15, 0.2) is 5.58 Å². The van der Waals surface area contributed by atoms with E-state index in [2.05, 4.69) is 10.3 Å². The van der Waals surface area contributed by atoms with Crippen LogP contribution in [0.25, 0.3) is 11.1 Å². The van der Waals surface area contributed by atoms with Crippen molar-refractivity contribution in [3.05, 3.63) is 28.6 Å². The zero-order valence-electron chi connectivity index (χ0n) is 11.6. The van der Waals surface area contributed by atoms with Gasteiger partial charge in [-0.3, -0.25) is 4.79 Å². The van der Waals surface area contributed by atoms with Gasteiger partial charge in [0, 0.05) is 12.1 Å². The molecule has 3 rings (SSSR count). The molecule has 0 radical (unpaired) electrons. The second-order valence-corrected chi connectivity index (χ2v) is 5.99. The van der Waals surface area contributed by atoms with Gasteiger partial charge in [-0.1, -0.05) is 6.42 Å². The highest BCUT2D eigenvalue weighted by Crippen LogP contribution is 2.23. The van der Waals surface area contributed by atoms with Crippen LogP contribution >= 0.6 is 12.2 Å². The Balaban J connectivity index is 1.64. The topological polar surface area (TPSA) is 78.3 Å². The van der Waals surface area contributed by atoms with E-state index in [-0.39, 0.29) is 12.0 Å². The first kappa shape index (κ1) is 14.3. The van der Waals surface area contributed by atoms with Crippen LogP contribution in [0.4, 0.5) is 0 Å². The van der Waals surface area contributed by atoms with Gasteiger partial charge in [-0.05, 0) is 55.6 Å². The third kappa shape index (κ3) is 3.33. The number of fused-ring (bicyclic) bond motifs is 1. The van der Waals surface area contributed by atoms with Crippen molar-refractivity contribution < 1.29 is 14.3 Å². The first-order valence-corrected chi connectivity index (χ1v) is 7.62. The molecule has 1 heterocycles. The Kier molecular flexibility index (Phi) is 4.07. The Morgan fingerprint density at radius 3 is 3.14 bits per heavy atom. The van der Waals surface area contributed by atoms with Crippen molar-refractivity contribution in [3.63, 3.8) is 0 Å². The highest BCUT2D eigenvalue weighted by atomic mass is 32.1. The summed E-state index contributed by atoms with van der Waals surface area (Å²) in [5.41, 5.74) is 1.92. The quantitative estimate of drug-likeness (QED) is 0.762. The number of benzene rings is 1. The number of amides is 1. The Morgan fingerprint density at radius 1 is 1.48 bits per heavy atom. The average Bonchev–Trinajstić information content (AvgIpc) is 2.84. The van der Waals surface area contributed by atoms with Crippen molar-refractivity contribution in [2.75, 3.05) is 6.54 Å². The number of carbonyl (C=O) groups is 1. The standard InChI is InChI=1S/C15H18N2O3S/c18-11-3-1-2-9(6-11)8-16-14(19)10-4-5-12-13(7-10)20-15(21)17-12/h4-5,7,9,11,18H,1-3,6,8H2,(H,16,19)(H,17,21). The molecular formula is C15H18N2O3S. The van der Waals surface area contributed by atoms with Gasteiger partial charge in [0.2, 0.25) is 0 Å². The Morgan fingerprint density at radius 2 is 2.33 bits per heavy atom. The number of hydrogen-bond donors (Lipinski definition) is 3. The molecule has 0 saturated heterocycles. The van der Waals surface area contributed by atoms with Gasteiger partial charge in [0.05, 0.1) is 11.6 Å². The molecule has 112 valence electrons. The van der Waals surface area contributed by atoms with Crippen molar-refractivity contribution in [1.82, 2.24) is 10.3 Å². The van der Waals surface area contributed by atoms with Crippen molar-refractivity contribution >= 4 is 29.2 Å². The normalized spacial score (nSPS) is 22.3. The van der Waals surface area contributed by atoms with Crippen LogP contribution in [0.1, 0.15) is 36.0 Å². The highest BCUT2D eigenvalue weighted by molar-refractivity contribution is 7.71. The molecule has 0 spiro atoms. The first-order valence-electron chi connectivity index (χ1n) is 7.21. The van der Waals surface area contributed by atoms with Gasteiger partial charge < -0.3 is 19.8 Å². The summed E-state index contributed by atoms with van der Waals surface area (Å²) >= 11 is 4.92. The maximum atomic E-state index is 12.2. The number of rotatable bonds is 3. The van der Waals surface area contributed by atoms with E-state index in [1.165, 1.54) is 0 Å². The molecule has 1 saturated carbocycles. The molecule has 1 aromatic carbocycles. The summed E-state index contributed by atoms with van der Waals surface area (Å²) in [6.07, 6.45) is 3.51. The van der Waals surface area contributed by atoms with Crippen LogP contribution in [-0.4, -0.2) is 28.6 Å². The van der Waals surface area contributed by atoms with E-state index in [0.717, 1.165) is 31.2 Å². The largest absolute Gasteiger partial charge is 0.429 e. The van der Waals surface area contributed by atoms with E-state index in [0.29, 0.717) is 28.4 Å². The maximum absolute atomic E-state index is 12.2. The molecule has 0 bridgehead atoms. The van der Waals surface area contributed by atoms with E-state index < -0.39 is 0 Å². The number of carbonyl (C=O) groups excluding carboxylic acids is 1. The number of aromatic nitrogens is 1. The van der Waals surface area contributed by atoms with Crippen LogP contribution in [0.3, 0.4) is 0 Å². The molecule has 1 aliphatic rings. The fraction of sp³-hybridized carbons (Fsp3) is 0.467. The second-order valence-electron chi connectivity index (χ2n) is 5.62. The molecular weight excluding hydrogens is 288 g/mol. The van der Waals surface area contributed by atoms with Gasteiger partial charge in [0.1, 0.15) is 0 Å². The Labute approximate surface area is 127 Å². The first-order chi connectivity index (χ1) is 10.1. The summed E-state index contributed by atoms with van der Waals surface area (Å²) in [7, 11) is 0. The fourth-order valence-corrected chi connectivity index (χ4v) is 3.07. The van der Waals surface area contributed by atoms with Crippen LogP contribution in [-0.2, 0) is 0 Å².